The average molecular weight is 394 g/mol. The van der Waals surface area contributed by atoms with Gasteiger partial charge in [-0.1, -0.05) is 42.5 Å². The molecule has 0 saturated carbocycles. The molecule has 2 heterocycles. The van der Waals surface area contributed by atoms with Crippen LogP contribution in [0.25, 0.3) is 0 Å². The summed E-state index contributed by atoms with van der Waals surface area (Å²) in [7, 11) is 0. The maximum Gasteiger partial charge on any atom is 0.317 e. The lowest BCUT2D eigenvalue weighted by Gasteiger charge is -2.24. The molecule has 1 saturated heterocycles. The Morgan fingerprint density at radius 3 is 2.61 bits per heavy atom. The van der Waals surface area contributed by atoms with Crippen LogP contribution in [-0.4, -0.2) is 32.8 Å². The number of aromatic amines is 1. The van der Waals surface area contributed by atoms with Crippen LogP contribution in [0.4, 0.5) is 0 Å². The summed E-state index contributed by atoms with van der Waals surface area (Å²) in [5.74, 6) is 0.524. The smallest absolute Gasteiger partial charge is 0.317 e. The average Bonchev–Trinajstić information content (AvgIpc) is 3.31. The van der Waals surface area contributed by atoms with Gasteiger partial charge in [-0.05, 0) is 34.4 Å². The molecule has 3 atom stereocenters. The fraction of sp³-hybridized carbons (Fsp3) is 0.273. The molecule has 0 amide bonds. The van der Waals surface area contributed by atoms with Crippen LogP contribution in [0, 0.1) is 0 Å². The van der Waals surface area contributed by atoms with E-state index in [0.29, 0.717) is 19.3 Å². The van der Waals surface area contributed by atoms with Gasteiger partial charge in [0.05, 0.1) is 0 Å². The lowest BCUT2D eigenvalue weighted by molar-refractivity contribution is -0.145. The van der Waals surface area contributed by atoms with Crippen molar-refractivity contribution in [1.82, 2.24) is 9.97 Å². The minimum atomic E-state index is -1.06. The number of aromatic nitrogens is 2. The fourth-order valence-corrected chi connectivity index (χ4v) is 4.42. The first-order valence-electron chi connectivity index (χ1n) is 9.24. The first-order chi connectivity index (χ1) is 13.6. The monoisotopic (exact) mass is 394 g/mol. The van der Waals surface area contributed by atoms with Gasteiger partial charge in [-0.3, -0.25) is 4.79 Å². The van der Waals surface area contributed by atoms with E-state index >= 15 is 0 Å². The second-order valence-electron chi connectivity index (χ2n) is 7.19. The van der Waals surface area contributed by atoms with E-state index < -0.39 is 16.6 Å². The van der Waals surface area contributed by atoms with Crippen LogP contribution in [0.15, 0.2) is 71.9 Å². The molecule has 1 fully saturated rings. The number of nitrogens with zero attached hydrogens (tertiary/aromatic N) is 1. The summed E-state index contributed by atoms with van der Waals surface area (Å²) >= 11 is -1.06. The predicted octanol–water partition coefficient (Wildman–Crippen LogP) is 3.19. The minimum absolute atomic E-state index is 0.190. The van der Waals surface area contributed by atoms with Gasteiger partial charge in [0.1, 0.15) is 23.6 Å². The van der Waals surface area contributed by atoms with Crippen molar-refractivity contribution >= 4 is 17.1 Å². The number of hydrogen-bond acceptors (Lipinski definition) is 4. The van der Waals surface area contributed by atoms with Crippen LogP contribution < -0.4 is 0 Å². The number of rotatable bonds is 6. The van der Waals surface area contributed by atoms with Crippen LogP contribution in [0.5, 0.6) is 0 Å². The first-order valence-corrected chi connectivity index (χ1v) is 10.8. The summed E-state index contributed by atoms with van der Waals surface area (Å²) in [6.07, 6.45) is 6.61. The molecule has 1 N–H and O–H groups in total. The second-order valence-corrected chi connectivity index (χ2v) is 8.57. The molecule has 28 heavy (non-hydrogen) atoms. The topological polar surface area (TPSA) is 78.0 Å². The van der Waals surface area contributed by atoms with E-state index in [1.54, 1.807) is 18.6 Å². The van der Waals surface area contributed by atoms with E-state index in [4.69, 9.17) is 4.74 Å². The third-order valence-electron chi connectivity index (χ3n) is 5.31. The Hall–Kier alpha value is -2.57. The molecule has 0 radical (unpaired) electrons. The Bertz CT molecular complexity index is 926. The maximum absolute atomic E-state index is 13.1. The summed E-state index contributed by atoms with van der Waals surface area (Å²) in [5.41, 5.74) is 1.22. The molecule has 144 valence electrons. The fourth-order valence-electron chi connectivity index (χ4n) is 3.90. The number of hydrogen-bond donors (Lipinski definition) is 1. The van der Waals surface area contributed by atoms with Gasteiger partial charge in [0.15, 0.2) is 4.90 Å². The minimum Gasteiger partial charge on any atom is -0.612 e. The number of H-pyrrole nitrogens is 1. The zero-order valence-electron chi connectivity index (χ0n) is 15.6. The molecule has 1 aliphatic heterocycles. The number of cyclic esters (lactones) is 1. The molecule has 0 spiro atoms. The van der Waals surface area contributed by atoms with Gasteiger partial charge in [0, 0.05) is 31.7 Å². The molecule has 0 bridgehead atoms. The Morgan fingerprint density at radius 1 is 1.21 bits per heavy atom. The van der Waals surface area contributed by atoms with E-state index in [-0.39, 0.29) is 12.1 Å². The Morgan fingerprint density at radius 2 is 1.96 bits per heavy atom. The summed E-state index contributed by atoms with van der Waals surface area (Å²) in [6.45, 7) is 0. The lowest BCUT2D eigenvalue weighted by Crippen LogP contribution is -2.34. The van der Waals surface area contributed by atoms with Gasteiger partial charge in [-0.15, -0.1) is 0 Å². The van der Waals surface area contributed by atoms with Crippen LogP contribution in [0.3, 0.4) is 0 Å². The van der Waals surface area contributed by atoms with Gasteiger partial charge in [-0.25, -0.2) is 4.98 Å². The van der Waals surface area contributed by atoms with E-state index in [1.807, 2.05) is 54.6 Å². The second kappa shape index (κ2) is 7.81. The van der Waals surface area contributed by atoms with Crippen molar-refractivity contribution < 1.29 is 14.1 Å². The van der Waals surface area contributed by atoms with E-state index in [0.717, 1.165) is 21.8 Å². The molecule has 3 aromatic rings. The lowest BCUT2D eigenvalue weighted by atomic mass is 9.74. The quantitative estimate of drug-likeness (QED) is 0.514. The highest BCUT2D eigenvalue weighted by Gasteiger charge is 2.50. The van der Waals surface area contributed by atoms with Crippen LogP contribution in [0.2, 0.25) is 0 Å². The molecular formula is C22H22N2O3S. The van der Waals surface area contributed by atoms with E-state index in [2.05, 4.69) is 9.97 Å². The van der Waals surface area contributed by atoms with Gasteiger partial charge in [-0.2, -0.15) is 0 Å². The van der Waals surface area contributed by atoms with Crippen molar-refractivity contribution in [3.05, 3.63) is 83.9 Å². The van der Waals surface area contributed by atoms with Crippen molar-refractivity contribution in [3.8, 4) is 0 Å². The Labute approximate surface area is 167 Å². The van der Waals surface area contributed by atoms with Crippen molar-refractivity contribution in [2.45, 2.75) is 35.7 Å². The van der Waals surface area contributed by atoms with E-state index in [1.165, 1.54) is 0 Å². The van der Waals surface area contributed by atoms with Crippen molar-refractivity contribution in [2.24, 2.45) is 0 Å². The number of esters is 1. The molecule has 1 aromatic heterocycles. The van der Waals surface area contributed by atoms with Crippen LogP contribution >= 0.6 is 0 Å². The number of carbonyl (C=O) groups excluding carboxylic acids is 1. The molecule has 2 aromatic carbocycles. The third-order valence-corrected chi connectivity index (χ3v) is 6.25. The normalized spacial score (nSPS) is 22.8. The van der Waals surface area contributed by atoms with Gasteiger partial charge in [0.25, 0.3) is 0 Å². The van der Waals surface area contributed by atoms with Crippen LogP contribution in [0.1, 0.15) is 23.4 Å². The van der Waals surface area contributed by atoms with Crippen molar-refractivity contribution in [2.75, 3.05) is 6.26 Å². The first kappa shape index (κ1) is 18.8. The molecular weight excluding hydrogens is 372 g/mol. The van der Waals surface area contributed by atoms with Gasteiger partial charge >= 0.3 is 5.97 Å². The van der Waals surface area contributed by atoms with E-state index in [9.17, 15) is 9.35 Å². The predicted molar refractivity (Wildman–Crippen MR) is 107 cm³/mol. The highest BCUT2D eigenvalue weighted by molar-refractivity contribution is 7.90. The molecule has 0 aliphatic carbocycles. The SMILES string of the molecule is C[S+]([O-])c1ccc(C2(Cc3ncc[nH]3)CC(Cc3ccccc3)OC2=O)cc1. The molecule has 4 rings (SSSR count). The van der Waals surface area contributed by atoms with Gasteiger partial charge in [0.2, 0.25) is 0 Å². The van der Waals surface area contributed by atoms with Gasteiger partial charge < -0.3 is 14.3 Å². The Balaban J connectivity index is 1.66. The highest BCUT2D eigenvalue weighted by atomic mass is 32.2. The standard InChI is InChI=1S/C22H22N2O3S/c1-28(26)19-9-7-17(8-10-19)22(15-20-23-11-12-24-20)14-18(27-21(22)25)13-16-5-3-2-4-6-16/h2-12,18H,13-15H2,1H3,(H,23,24). The highest BCUT2D eigenvalue weighted by Crippen LogP contribution is 2.41. The maximum atomic E-state index is 13.1. The zero-order chi connectivity index (χ0) is 19.6. The molecule has 3 unspecified atom stereocenters. The molecule has 1 aliphatic rings. The largest absolute Gasteiger partial charge is 0.612 e. The number of benzene rings is 2. The number of imidazole rings is 1. The number of nitrogens with one attached hydrogen (secondary N) is 1. The summed E-state index contributed by atoms with van der Waals surface area (Å²) in [5, 5.41) is 0. The summed E-state index contributed by atoms with van der Waals surface area (Å²) < 4.78 is 17.6. The van der Waals surface area contributed by atoms with Crippen molar-refractivity contribution in [1.29, 1.82) is 0 Å². The van der Waals surface area contributed by atoms with Crippen LogP contribution in [-0.2, 0) is 39.0 Å². The number of ether oxygens (including phenoxy) is 1. The summed E-state index contributed by atoms with van der Waals surface area (Å²) in [4.78, 5) is 21.3. The molecule has 6 heteroatoms. The Kier molecular flexibility index (Phi) is 5.24. The molecule has 5 nitrogen and oxygen atoms in total. The summed E-state index contributed by atoms with van der Waals surface area (Å²) in [6, 6.07) is 17.5. The number of carbonyl (C=O) groups is 1. The van der Waals surface area contributed by atoms with Crippen molar-refractivity contribution in [3.63, 3.8) is 0 Å². The zero-order valence-corrected chi connectivity index (χ0v) is 16.4. The third kappa shape index (κ3) is 3.70.